The SMILES string of the molecule is C/C=C/CCc1cc2ccc(C3CCC4CC(CCCCC)CCC4C3)cc2cc1F. The Labute approximate surface area is 189 Å². The van der Waals surface area contributed by atoms with E-state index in [9.17, 15) is 4.39 Å². The van der Waals surface area contributed by atoms with Crippen LogP contribution in [0.3, 0.4) is 0 Å². The molecule has 0 nitrogen and oxygen atoms in total. The number of halogens is 1. The fourth-order valence-corrected chi connectivity index (χ4v) is 6.42. The van der Waals surface area contributed by atoms with Crippen LogP contribution in [-0.4, -0.2) is 0 Å². The number of hydrogen-bond acceptors (Lipinski definition) is 0. The molecule has 4 rings (SSSR count). The molecule has 2 aromatic rings. The van der Waals surface area contributed by atoms with Crippen molar-refractivity contribution in [1.82, 2.24) is 0 Å². The molecular weight excluding hydrogens is 379 g/mol. The van der Waals surface area contributed by atoms with E-state index in [-0.39, 0.29) is 5.82 Å². The summed E-state index contributed by atoms with van der Waals surface area (Å²) in [4.78, 5) is 0. The van der Waals surface area contributed by atoms with Crippen molar-refractivity contribution in [2.75, 3.05) is 0 Å². The Morgan fingerprint density at radius 3 is 2.61 bits per heavy atom. The summed E-state index contributed by atoms with van der Waals surface area (Å²) in [5.74, 6) is 3.51. The topological polar surface area (TPSA) is 0 Å². The summed E-state index contributed by atoms with van der Waals surface area (Å²) in [6.45, 7) is 4.33. The Bertz CT molecular complexity index is 879. The highest BCUT2D eigenvalue weighted by Gasteiger charge is 2.35. The Hall–Kier alpha value is -1.63. The summed E-state index contributed by atoms with van der Waals surface area (Å²) in [5, 5.41) is 2.26. The highest BCUT2D eigenvalue weighted by atomic mass is 19.1. The fraction of sp³-hybridized carbons (Fsp3) is 0.600. The molecule has 31 heavy (non-hydrogen) atoms. The van der Waals surface area contributed by atoms with Crippen molar-refractivity contribution in [3.05, 3.63) is 59.4 Å². The van der Waals surface area contributed by atoms with Crippen LogP contribution in [-0.2, 0) is 6.42 Å². The Morgan fingerprint density at radius 2 is 1.77 bits per heavy atom. The van der Waals surface area contributed by atoms with Crippen molar-refractivity contribution in [2.24, 2.45) is 17.8 Å². The molecule has 2 aliphatic rings. The monoisotopic (exact) mass is 420 g/mol. The van der Waals surface area contributed by atoms with Gasteiger partial charge in [-0.15, -0.1) is 0 Å². The van der Waals surface area contributed by atoms with E-state index in [0.717, 1.165) is 41.5 Å². The third-order valence-corrected chi connectivity index (χ3v) is 8.25. The molecule has 0 bridgehead atoms. The molecule has 2 aromatic carbocycles. The standard InChI is InChI=1S/C30H41F/c1-3-5-7-9-22-11-12-24-18-25(14-13-23(24)17-22)26-15-16-27-19-28(10-8-6-4-2)30(31)21-29(27)20-26/h4,6,15-16,19-25H,3,5,7-14,17-18H2,1-2H3/b6-4+. The molecule has 0 spiro atoms. The highest BCUT2D eigenvalue weighted by molar-refractivity contribution is 5.84. The average molecular weight is 421 g/mol. The van der Waals surface area contributed by atoms with Crippen LogP contribution in [0.2, 0.25) is 0 Å². The lowest BCUT2D eigenvalue weighted by atomic mass is 9.63. The molecule has 0 amide bonds. The second-order valence-electron chi connectivity index (χ2n) is 10.4. The van der Waals surface area contributed by atoms with Gasteiger partial charge in [0.15, 0.2) is 0 Å². The molecule has 2 fully saturated rings. The molecule has 2 aliphatic carbocycles. The van der Waals surface area contributed by atoms with Crippen molar-refractivity contribution < 1.29 is 4.39 Å². The Kier molecular flexibility index (Phi) is 7.86. The second kappa shape index (κ2) is 10.8. The molecule has 1 heteroatoms. The maximum Gasteiger partial charge on any atom is 0.127 e. The van der Waals surface area contributed by atoms with E-state index in [1.807, 2.05) is 13.0 Å². The Balaban J connectivity index is 1.40. The normalized spacial score (nSPS) is 26.4. The fourth-order valence-electron chi connectivity index (χ4n) is 6.42. The van der Waals surface area contributed by atoms with Crippen LogP contribution in [0.25, 0.3) is 10.8 Å². The van der Waals surface area contributed by atoms with Gasteiger partial charge in [-0.3, -0.25) is 0 Å². The van der Waals surface area contributed by atoms with Gasteiger partial charge in [-0.05, 0) is 110 Å². The van der Waals surface area contributed by atoms with Gasteiger partial charge in [0.2, 0.25) is 0 Å². The molecule has 0 aromatic heterocycles. The molecule has 0 saturated heterocycles. The molecule has 4 unspecified atom stereocenters. The largest absolute Gasteiger partial charge is 0.207 e. The lowest BCUT2D eigenvalue weighted by molar-refractivity contribution is 0.113. The summed E-state index contributed by atoms with van der Waals surface area (Å²) < 4.78 is 14.7. The minimum absolute atomic E-state index is 0.0424. The van der Waals surface area contributed by atoms with Gasteiger partial charge in [-0.2, -0.15) is 0 Å². The zero-order chi connectivity index (χ0) is 21.6. The average Bonchev–Trinajstić information content (AvgIpc) is 2.79. The van der Waals surface area contributed by atoms with Gasteiger partial charge in [-0.1, -0.05) is 69.4 Å². The zero-order valence-corrected chi connectivity index (χ0v) is 19.7. The number of rotatable bonds is 8. The van der Waals surface area contributed by atoms with E-state index >= 15 is 0 Å². The smallest absolute Gasteiger partial charge is 0.127 e. The van der Waals surface area contributed by atoms with Crippen LogP contribution in [0, 0.1) is 23.6 Å². The van der Waals surface area contributed by atoms with Gasteiger partial charge in [0.25, 0.3) is 0 Å². The first-order chi connectivity index (χ1) is 15.2. The van der Waals surface area contributed by atoms with E-state index in [1.165, 1.54) is 75.2 Å². The van der Waals surface area contributed by atoms with Gasteiger partial charge in [-0.25, -0.2) is 4.39 Å². The van der Waals surface area contributed by atoms with Crippen LogP contribution in [0.4, 0.5) is 4.39 Å². The predicted octanol–water partition coefficient (Wildman–Crippen LogP) is 9.37. The summed E-state index contributed by atoms with van der Waals surface area (Å²) in [5.41, 5.74) is 2.28. The first kappa shape index (κ1) is 22.6. The summed E-state index contributed by atoms with van der Waals surface area (Å²) in [7, 11) is 0. The predicted molar refractivity (Wildman–Crippen MR) is 132 cm³/mol. The maximum atomic E-state index is 14.7. The number of hydrogen-bond donors (Lipinski definition) is 0. The lowest BCUT2D eigenvalue weighted by Crippen LogP contribution is -2.30. The van der Waals surface area contributed by atoms with Crippen LogP contribution in [0.15, 0.2) is 42.5 Å². The maximum absolute atomic E-state index is 14.7. The molecule has 0 N–H and O–H groups in total. The van der Waals surface area contributed by atoms with Crippen LogP contribution in [0.1, 0.15) is 102 Å². The molecular formula is C30H41F. The lowest BCUT2D eigenvalue weighted by Gasteiger charge is -2.42. The van der Waals surface area contributed by atoms with E-state index < -0.39 is 0 Å². The van der Waals surface area contributed by atoms with Gasteiger partial charge >= 0.3 is 0 Å². The van der Waals surface area contributed by atoms with Crippen molar-refractivity contribution in [2.45, 2.75) is 96.8 Å². The van der Waals surface area contributed by atoms with E-state index in [2.05, 4.69) is 37.3 Å². The third-order valence-electron chi connectivity index (χ3n) is 8.25. The molecule has 4 atom stereocenters. The number of unbranched alkanes of at least 4 members (excludes halogenated alkanes) is 2. The third kappa shape index (κ3) is 5.60. The first-order valence-corrected chi connectivity index (χ1v) is 13.0. The highest BCUT2D eigenvalue weighted by Crippen LogP contribution is 2.48. The van der Waals surface area contributed by atoms with E-state index in [4.69, 9.17) is 0 Å². The van der Waals surface area contributed by atoms with Crippen LogP contribution < -0.4 is 0 Å². The number of allylic oxidation sites excluding steroid dienone is 2. The molecule has 0 aliphatic heterocycles. The van der Waals surface area contributed by atoms with Gasteiger partial charge < -0.3 is 0 Å². The van der Waals surface area contributed by atoms with Gasteiger partial charge in [0.1, 0.15) is 5.82 Å². The molecule has 0 heterocycles. The molecule has 2 saturated carbocycles. The minimum Gasteiger partial charge on any atom is -0.207 e. The molecule has 0 radical (unpaired) electrons. The second-order valence-corrected chi connectivity index (χ2v) is 10.4. The Morgan fingerprint density at radius 1 is 0.935 bits per heavy atom. The first-order valence-electron chi connectivity index (χ1n) is 13.0. The van der Waals surface area contributed by atoms with Crippen molar-refractivity contribution in [3.63, 3.8) is 0 Å². The van der Waals surface area contributed by atoms with E-state index in [0.29, 0.717) is 5.92 Å². The number of benzene rings is 2. The quantitative estimate of drug-likeness (QED) is 0.295. The summed E-state index contributed by atoms with van der Waals surface area (Å²) in [6, 6.07) is 10.7. The van der Waals surface area contributed by atoms with Crippen LogP contribution >= 0.6 is 0 Å². The van der Waals surface area contributed by atoms with Gasteiger partial charge in [0, 0.05) is 0 Å². The van der Waals surface area contributed by atoms with Gasteiger partial charge in [0.05, 0.1) is 0 Å². The van der Waals surface area contributed by atoms with E-state index in [1.54, 1.807) is 6.07 Å². The minimum atomic E-state index is -0.0424. The number of aryl methyl sites for hydroxylation is 1. The van der Waals surface area contributed by atoms with Crippen molar-refractivity contribution in [3.8, 4) is 0 Å². The molecule has 168 valence electrons. The number of fused-ring (bicyclic) bond motifs is 2. The van der Waals surface area contributed by atoms with Crippen molar-refractivity contribution in [1.29, 1.82) is 0 Å². The zero-order valence-electron chi connectivity index (χ0n) is 19.7. The van der Waals surface area contributed by atoms with Crippen molar-refractivity contribution >= 4 is 10.8 Å². The summed E-state index contributed by atoms with van der Waals surface area (Å²) in [6.07, 6.45) is 19.9. The van der Waals surface area contributed by atoms with Crippen LogP contribution in [0.5, 0.6) is 0 Å². The summed E-state index contributed by atoms with van der Waals surface area (Å²) >= 11 is 0.